The van der Waals surface area contributed by atoms with Gasteiger partial charge in [-0.3, -0.25) is 9.59 Å². The number of hydrogen-bond donors (Lipinski definition) is 0. The highest BCUT2D eigenvalue weighted by atomic mass is 16.2. The molecule has 146 valence electrons. The Morgan fingerprint density at radius 2 is 2.15 bits per heavy atom. The van der Waals surface area contributed by atoms with Gasteiger partial charge in [0.15, 0.2) is 0 Å². The lowest BCUT2D eigenvalue weighted by molar-refractivity contribution is 0.0657. The van der Waals surface area contributed by atoms with Crippen LogP contribution >= 0.6 is 0 Å². The van der Waals surface area contributed by atoms with Gasteiger partial charge in [0.1, 0.15) is 5.69 Å². The van der Waals surface area contributed by atoms with E-state index in [-0.39, 0.29) is 23.6 Å². The second-order valence-corrected chi connectivity index (χ2v) is 7.18. The predicted molar refractivity (Wildman–Crippen MR) is 102 cm³/mol. The third-order valence-electron chi connectivity index (χ3n) is 5.16. The first-order valence-electron chi connectivity index (χ1n) is 9.41. The second-order valence-electron chi connectivity index (χ2n) is 7.18. The van der Waals surface area contributed by atoms with Crippen molar-refractivity contribution in [1.82, 2.24) is 29.7 Å². The minimum absolute atomic E-state index is 0.101. The molecule has 9 nitrogen and oxygen atoms in total. The highest BCUT2D eigenvalue weighted by Crippen LogP contribution is 2.21. The van der Waals surface area contributed by atoms with Crippen molar-refractivity contribution in [3.8, 4) is 0 Å². The van der Waals surface area contributed by atoms with Crippen LogP contribution in [0.1, 0.15) is 50.1 Å². The van der Waals surface area contributed by atoms with E-state index in [1.54, 1.807) is 21.8 Å². The highest BCUT2D eigenvalue weighted by molar-refractivity contribution is 5.92. The van der Waals surface area contributed by atoms with Gasteiger partial charge in [-0.25, -0.2) is 9.36 Å². The average Bonchev–Trinajstić information content (AvgIpc) is 3.15. The Kier molecular flexibility index (Phi) is 5.57. The number of amides is 1. The molecule has 1 aliphatic rings. The summed E-state index contributed by atoms with van der Waals surface area (Å²) in [7, 11) is 1.94. The lowest BCUT2D eigenvalue weighted by atomic mass is 10.1. The molecule has 1 amide bonds. The zero-order valence-corrected chi connectivity index (χ0v) is 16.4. The summed E-state index contributed by atoms with van der Waals surface area (Å²) >= 11 is 0. The number of piperidine rings is 1. The molecule has 2 aromatic rings. The van der Waals surface area contributed by atoms with Gasteiger partial charge in [0.05, 0.1) is 24.1 Å². The number of rotatable bonds is 5. The van der Waals surface area contributed by atoms with E-state index in [0.717, 1.165) is 18.5 Å². The van der Waals surface area contributed by atoms with Gasteiger partial charge in [0, 0.05) is 38.8 Å². The quantitative estimate of drug-likeness (QED) is 0.782. The van der Waals surface area contributed by atoms with E-state index >= 15 is 0 Å². The summed E-state index contributed by atoms with van der Waals surface area (Å²) in [4.78, 5) is 29.2. The summed E-state index contributed by atoms with van der Waals surface area (Å²) in [6.07, 6.45) is 4.86. The number of nitrogens with zero attached hydrogens (tertiary/aromatic N) is 7. The van der Waals surface area contributed by atoms with Crippen molar-refractivity contribution in [2.24, 2.45) is 0 Å². The maximum Gasteiger partial charge on any atom is 0.273 e. The largest absolute Gasteiger partial charge is 0.371 e. The minimum Gasteiger partial charge on any atom is -0.371 e. The number of likely N-dealkylation sites (tertiary alicyclic amines) is 1. The molecule has 0 aliphatic carbocycles. The molecule has 3 rings (SSSR count). The highest BCUT2D eigenvalue weighted by Gasteiger charge is 2.28. The SMILES string of the molecule is CCn1nncc1C(=O)N1CCCC(n2ncc(N(C)C(C)C)cc2=O)C1. The van der Waals surface area contributed by atoms with E-state index in [0.29, 0.717) is 25.3 Å². The maximum atomic E-state index is 12.8. The summed E-state index contributed by atoms with van der Waals surface area (Å²) < 4.78 is 3.10. The van der Waals surface area contributed by atoms with Crippen LogP contribution in [0.3, 0.4) is 0 Å². The zero-order valence-electron chi connectivity index (χ0n) is 16.4. The molecule has 1 aliphatic heterocycles. The van der Waals surface area contributed by atoms with Crippen molar-refractivity contribution in [3.63, 3.8) is 0 Å². The van der Waals surface area contributed by atoms with Crippen molar-refractivity contribution < 1.29 is 4.79 Å². The summed E-state index contributed by atoms with van der Waals surface area (Å²) in [5.74, 6) is -0.101. The first-order chi connectivity index (χ1) is 12.9. The predicted octanol–water partition coefficient (Wildman–Crippen LogP) is 1.18. The fraction of sp³-hybridized carbons (Fsp3) is 0.611. The van der Waals surface area contributed by atoms with Gasteiger partial charge in [-0.15, -0.1) is 5.10 Å². The number of carbonyl (C=O) groups excluding carboxylic acids is 1. The molecule has 9 heteroatoms. The molecule has 0 saturated carbocycles. The Morgan fingerprint density at radius 3 is 2.81 bits per heavy atom. The maximum absolute atomic E-state index is 12.8. The van der Waals surface area contributed by atoms with Crippen molar-refractivity contribution in [1.29, 1.82) is 0 Å². The monoisotopic (exact) mass is 373 g/mol. The number of aryl methyl sites for hydroxylation is 1. The standard InChI is InChI=1S/C18H27N7O2/c1-5-24-16(11-19-21-24)18(27)23-8-6-7-14(12-23)25-17(26)9-15(10-20-25)22(4)13(2)3/h9-11,13-14H,5-8,12H2,1-4H3. The molecule has 1 unspecified atom stereocenters. The molecule has 1 saturated heterocycles. The van der Waals surface area contributed by atoms with Crippen LogP contribution in [0.25, 0.3) is 0 Å². The number of hydrogen-bond acceptors (Lipinski definition) is 6. The first kappa shape index (κ1) is 19.1. The van der Waals surface area contributed by atoms with E-state index in [9.17, 15) is 9.59 Å². The van der Waals surface area contributed by atoms with Crippen LogP contribution in [0.4, 0.5) is 5.69 Å². The Morgan fingerprint density at radius 1 is 1.37 bits per heavy atom. The summed E-state index contributed by atoms with van der Waals surface area (Å²) in [6, 6.07) is 1.77. The number of carbonyl (C=O) groups is 1. The molecule has 2 aromatic heterocycles. The Bertz CT molecular complexity index is 857. The summed E-state index contributed by atoms with van der Waals surface area (Å²) in [5, 5.41) is 12.2. The number of aromatic nitrogens is 5. The molecule has 0 aromatic carbocycles. The molecular weight excluding hydrogens is 346 g/mol. The molecular formula is C18H27N7O2. The van der Waals surface area contributed by atoms with Gasteiger partial charge in [0.2, 0.25) is 0 Å². The van der Waals surface area contributed by atoms with Gasteiger partial charge >= 0.3 is 0 Å². The fourth-order valence-corrected chi connectivity index (χ4v) is 3.33. The van der Waals surface area contributed by atoms with E-state index in [2.05, 4.69) is 29.3 Å². The molecule has 1 atom stereocenters. The van der Waals surface area contributed by atoms with Crippen LogP contribution < -0.4 is 10.5 Å². The smallest absolute Gasteiger partial charge is 0.273 e. The Balaban J connectivity index is 1.78. The Hall–Kier alpha value is -2.71. The van der Waals surface area contributed by atoms with Crippen LogP contribution in [-0.2, 0) is 6.54 Å². The summed E-state index contributed by atoms with van der Waals surface area (Å²) in [6.45, 7) is 7.75. The van der Waals surface area contributed by atoms with Crippen molar-refractivity contribution in [3.05, 3.63) is 34.5 Å². The van der Waals surface area contributed by atoms with Crippen LogP contribution in [0.5, 0.6) is 0 Å². The van der Waals surface area contributed by atoms with E-state index < -0.39 is 0 Å². The van der Waals surface area contributed by atoms with E-state index in [1.165, 1.54) is 10.9 Å². The van der Waals surface area contributed by atoms with E-state index in [1.807, 2.05) is 18.9 Å². The van der Waals surface area contributed by atoms with Gasteiger partial charge in [-0.1, -0.05) is 5.21 Å². The minimum atomic E-state index is -0.139. The normalized spacial score (nSPS) is 17.4. The molecule has 1 fully saturated rings. The molecule has 0 spiro atoms. The molecule has 27 heavy (non-hydrogen) atoms. The third-order valence-corrected chi connectivity index (χ3v) is 5.16. The van der Waals surface area contributed by atoms with E-state index in [4.69, 9.17) is 0 Å². The van der Waals surface area contributed by atoms with Crippen LogP contribution in [0, 0.1) is 0 Å². The Labute approximate surface area is 158 Å². The third kappa shape index (κ3) is 3.86. The molecule has 3 heterocycles. The lowest BCUT2D eigenvalue weighted by Gasteiger charge is -2.33. The number of anilines is 1. The molecule has 0 bridgehead atoms. The average molecular weight is 373 g/mol. The van der Waals surface area contributed by atoms with Crippen LogP contribution in [0.2, 0.25) is 0 Å². The van der Waals surface area contributed by atoms with Crippen molar-refractivity contribution >= 4 is 11.6 Å². The van der Waals surface area contributed by atoms with Gasteiger partial charge < -0.3 is 9.80 Å². The van der Waals surface area contributed by atoms with Gasteiger partial charge in [0.25, 0.3) is 11.5 Å². The van der Waals surface area contributed by atoms with Crippen LogP contribution in [-0.4, -0.2) is 61.8 Å². The van der Waals surface area contributed by atoms with Gasteiger partial charge in [-0.05, 0) is 33.6 Å². The molecule has 0 N–H and O–H groups in total. The fourth-order valence-electron chi connectivity index (χ4n) is 3.33. The topological polar surface area (TPSA) is 89.2 Å². The lowest BCUT2D eigenvalue weighted by Crippen LogP contribution is -2.44. The first-order valence-corrected chi connectivity index (χ1v) is 9.41. The summed E-state index contributed by atoms with van der Waals surface area (Å²) in [5.41, 5.74) is 1.14. The van der Waals surface area contributed by atoms with Crippen molar-refractivity contribution in [2.75, 3.05) is 25.0 Å². The van der Waals surface area contributed by atoms with Crippen molar-refractivity contribution in [2.45, 2.75) is 52.2 Å². The second kappa shape index (κ2) is 7.89. The zero-order chi connectivity index (χ0) is 19.6. The molecule has 0 radical (unpaired) electrons. The van der Waals surface area contributed by atoms with Gasteiger partial charge in [-0.2, -0.15) is 5.10 Å². The van der Waals surface area contributed by atoms with Crippen LogP contribution in [0.15, 0.2) is 23.3 Å².